The summed E-state index contributed by atoms with van der Waals surface area (Å²) in [6, 6.07) is 7.10. The second-order valence-electron chi connectivity index (χ2n) is 14.1. The molecule has 0 saturated heterocycles. The van der Waals surface area contributed by atoms with Gasteiger partial charge in [0.1, 0.15) is 0 Å². The molecule has 3 rings (SSSR count). The molecule has 1 saturated carbocycles. The standard InChI is InChI=1S/C31H48N4O5S/c1-29(2,3)23-18-22(14-15-26(23)41(39,40)34-30(4,5)6)25-19-24(27(36)32-17-16-31(7,8)28(37)38)33-35(25)20-21-12-10-9-11-13-21/h14-15,18-19,21,34H,9-13,16-17,20H2,1-8H3,(H,32,36)(H,37,38). The number of aliphatic carboxylic acids is 1. The summed E-state index contributed by atoms with van der Waals surface area (Å²) in [6.45, 7) is 15.5. The number of aromatic nitrogens is 2. The monoisotopic (exact) mass is 588 g/mol. The number of nitrogens with zero attached hydrogens (tertiary/aromatic N) is 2. The van der Waals surface area contributed by atoms with Gasteiger partial charge in [-0.3, -0.25) is 14.3 Å². The number of hydrogen-bond acceptors (Lipinski definition) is 5. The summed E-state index contributed by atoms with van der Waals surface area (Å²) in [5.41, 5.74) is 0.429. The first-order valence-electron chi connectivity index (χ1n) is 14.6. The normalized spacial score (nSPS) is 15.6. The molecular formula is C31H48N4O5S. The van der Waals surface area contributed by atoms with Gasteiger partial charge >= 0.3 is 5.97 Å². The Balaban J connectivity index is 2.02. The molecule has 1 fully saturated rings. The minimum atomic E-state index is -3.78. The quantitative estimate of drug-likeness (QED) is 0.325. The van der Waals surface area contributed by atoms with Crippen LogP contribution in [0.4, 0.5) is 0 Å². The molecule has 1 aromatic carbocycles. The second kappa shape index (κ2) is 12.3. The Morgan fingerprint density at radius 3 is 2.20 bits per heavy atom. The number of carboxylic acids is 1. The molecule has 0 radical (unpaired) electrons. The summed E-state index contributed by atoms with van der Waals surface area (Å²) in [4.78, 5) is 24.8. The van der Waals surface area contributed by atoms with Crippen LogP contribution in [0.1, 0.15) is 110 Å². The van der Waals surface area contributed by atoms with E-state index in [1.807, 2.05) is 52.3 Å². The summed E-state index contributed by atoms with van der Waals surface area (Å²) in [7, 11) is -3.78. The van der Waals surface area contributed by atoms with Crippen LogP contribution in [0.25, 0.3) is 11.3 Å². The van der Waals surface area contributed by atoms with Crippen molar-refractivity contribution in [3.05, 3.63) is 35.5 Å². The number of benzene rings is 1. The van der Waals surface area contributed by atoms with Crippen LogP contribution in [0.5, 0.6) is 0 Å². The van der Waals surface area contributed by atoms with Crippen molar-refractivity contribution < 1.29 is 23.1 Å². The first-order valence-corrected chi connectivity index (χ1v) is 16.1. The third-order valence-electron chi connectivity index (χ3n) is 7.60. The molecule has 1 aromatic heterocycles. The van der Waals surface area contributed by atoms with Gasteiger partial charge in [0, 0.05) is 24.2 Å². The van der Waals surface area contributed by atoms with E-state index in [4.69, 9.17) is 5.10 Å². The topological polar surface area (TPSA) is 130 Å². The maximum atomic E-state index is 13.4. The van der Waals surface area contributed by atoms with Gasteiger partial charge in [-0.05, 0) is 89.0 Å². The van der Waals surface area contributed by atoms with Crippen molar-refractivity contribution in [1.29, 1.82) is 0 Å². The molecule has 0 unspecified atom stereocenters. The van der Waals surface area contributed by atoms with Crippen molar-refractivity contribution in [2.24, 2.45) is 11.3 Å². The van der Waals surface area contributed by atoms with Crippen molar-refractivity contribution in [2.45, 2.75) is 116 Å². The SMILES string of the molecule is CC(C)(C)NS(=O)(=O)c1ccc(-c2cc(C(=O)NCCC(C)(C)C(=O)O)nn2CC2CCCCC2)cc1C(C)(C)C. The lowest BCUT2D eigenvalue weighted by atomic mass is 9.85. The highest BCUT2D eigenvalue weighted by molar-refractivity contribution is 7.89. The molecule has 0 bridgehead atoms. The molecular weight excluding hydrogens is 540 g/mol. The number of sulfonamides is 1. The minimum Gasteiger partial charge on any atom is -0.481 e. The van der Waals surface area contributed by atoms with Gasteiger partial charge in [0.25, 0.3) is 5.91 Å². The Labute approximate surface area is 245 Å². The fourth-order valence-corrected chi connectivity index (χ4v) is 6.99. The molecule has 0 spiro atoms. The summed E-state index contributed by atoms with van der Waals surface area (Å²) < 4.78 is 31.4. The molecule has 10 heteroatoms. The van der Waals surface area contributed by atoms with Gasteiger partial charge in [-0.15, -0.1) is 0 Å². The van der Waals surface area contributed by atoms with E-state index >= 15 is 0 Å². The third-order valence-corrected chi connectivity index (χ3v) is 9.41. The maximum absolute atomic E-state index is 13.4. The van der Waals surface area contributed by atoms with Crippen LogP contribution in [-0.4, -0.2) is 47.3 Å². The molecule has 0 aliphatic heterocycles. The zero-order chi connectivity index (χ0) is 30.8. The van der Waals surface area contributed by atoms with Gasteiger partial charge in [-0.1, -0.05) is 46.1 Å². The largest absolute Gasteiger partial charge is 0.481 e. The Bertz CT molecular complexity index is 1360. The van der Waals surface area contributed by atoms with Crippen LogP contribution >= 0.6 is 0 Å². The summed E-state index contributed by atoms with van der Waals surface area (Å²) >= 11 is 0. The molecule has 1 aliphatic carbocycles. The first kappa shape index (κ1) is 32.8. The van der Waals surface area contributed by atoms with Crippen molar-refractivity contribution in [3.8, 4) is 11.3 Å². The summed E-state index contributed by atoms with van der Waals surface area (Å²) in [6.07, 6.45) is 6.08. The minimum absolute atomic E-state index is 0.213. The first-order chi connectivity index (χ1) is 18.8. The number of rotatable bonds is 10. The van der Waals surface area contributed by atoms with E-state index in [1.54, 1.807) is 32.0 Å². The highest BCUT2D eigenvalue weighted by Gasteiger charge is 2.31. The van der Waals surface area contributed by atoms with E-state index in [0.717, 1.165) is 24.1 Å². The number of carbonyl (C=O) groups is 2. The third kappa shape index (κ3) is 8.64. The predicted molar refractivity (Wildman–Crippen MR) is 161 cm³/mol. The van der Waals surface area contributed by atoms with Crippen molar-refractivity contribution in [1.82, 2.24) is 19.8 Å². The van der Waals surface area contributed by atoms with Crippen LogP contribution in [0, 0.1) is 11.3 Å². The average Bonchev–Trinajstić information content (AvgIpc) is 3.26. The highest BCUT2D eigenvalue weighted by Crippen LogP contribution is 2.35. The van der Waals surface area contributed by atoms with Crippen molar-refractivity contribution in [2.75, 3.05) is 6.54 Å². The number of nitrogens with one attached hydrogen (secondary N) is 2. The van der Waals surface area contributed by atoms with Gasteiger partial charge in [0.2, 0.25) is 10.0 Å². The van der Waals surface area contributed by atoms with Gasteiger partial charge in [-0.2, -0.15) is 5.10 Å². The molecule has 41 heavy (non-hydrogen) atoms. The zero-order valence-corrected chi connectivity index (χ0v) is 26.7. The van der Waals surface area contributed by atoms with E-state index in [9.17, 15) is 23.1 Å². The van der Waals surface area contributed by atoms with E-state index in [2.05, 4.69) is 10.0 Å². The molecule has 0 atom stereocenters. The molecule has 228 valence electrons. The van der Waals surface area contributed by atoms with Crippen molar-refractivity contribution in [3.63, 3.8) is 0 Å². The van der Waals surface area contributed by atoms with Gasteiger partial charge < -0.3 is 10.4 Å². The lowest BCUT2D eigenvalue weighted by molar-refractivity contribution is -0.147. The van der Waals surface area contributed by atoms with Gasteiger partial charge in [0.05, 0.1) is 16.0 Å². The second-order valence-corrected chi connectivity index (χ2v) is 15.8. The Morgan fingerprint density at radius 1 is 1.00 bits per heavy atom. The molecule has 2 aromatic rings. The van der Waals surface area contributed by atoms with Gasteiger partial charge in [0.15, 0.2) is 5.69 Å². The highest BCUT2D eigenvalue weighted by atomic mass is 32.2. The summed E-state index contributed by atoms with van der Waals surface area (Å²) in [5.74, 6) is -0.824. The van der Waals surface area contributed by atoms with Crippen LogP contribution in [0.3, 0.4) is 0 Å². The zero-order valence-electron chi connectivity index (χ0n) is 25.9. The van der Waals surface area contributed by atoms with Gasteiger partial charge in [-0.25, -0.2) is 13.1 Å². The molecule has 1 amide bonds. The van der Waals surface area contributed by atoms with Crippen LogP contribution in [0.2, 0.25) is 0 Å². The Hall–Kier alpha value is -2.72. The number of carboxylic acid groups (broad SMARTS) is 1. The van der Waals surface area contributed by atoms with Crippen LogP contribution in [0.15, 0.2) is 29.2 Å². The number of hydrogen-bond donors (Lipinski definition) is 3. The lowest BCUT2D eigenvalue weighted by Gasteiger charge is -2.27. The van der Waals surface area contributed by atoms with E-state index in [-0.39, 0.29) is 29.5 Å². The number of carbonyl (C=O) groups excluding carboxylic acids is 1. The van der Waals surface area contributed by atoms with Crippen molar-refractivity contribution >= 4 is 21.9 Å². The Morgan fingerprint density at radius 2 is 1.63 bits per heavy atom. The molecule has 9 nitrogen and oxygen atoms in total. The van der Waals surface area contributed by atoms with Crippen LogP contribution in [-0.2, 0) is 26.8 Å². The predicted octanol–water partition coefficient (Wildman–Crippen LogP) is 5.74. The summed E-state index contributed by atoms with van der Waals surface area (Å²) in [5, 5.41) is 16.9. The average molecular weight is 589 g/mol. The lowest BCUT2D eigenvalue weighted by Crippen LogP contribution is -2.41. The van der Waals surface area contributed by atoms with E-state index in [1.165, 1.54) is 19.3 Å². The van der Waals surface area contributed by atoms with E-state index < -0.39 is 32.4 Å². The molecule has 1 aliphatic rings. The van der Waals surface area contributed by atoms with Crippen LogP contribution < -0.4 is 10.0 Å². The maximum Gasteiger partial charge on any atom is 0.309 e. The molecule has 1 heterocycles. The Kier molecular flexibility index (Phi) is 9.80. The smallest absolute Gasteiger partial charge is 0.309 e. The number of amides is 1. The fourth-order valence-electron chi connectivity index (χ4n) is 5.17. The fraction of sp³-hybridized carbons (Fsp3) is 0.645. The molecule has 3 N–H and O–H groups in total. The van der Waals surface area contributed by atoms with E-state index in [0.29, 0.717) is 18.0 Å².